The van der Waals surface area contributed by atoms with Gasteiger partial charge in [-0.2, -0.15) is 0 Å². The molecule has 1 atom stereocenters. The topological polar surface area (TPSA) is 61.3 Å². The lowest BCUT2D eigenvalue weighted by Crippen LogP contribution is -2.17. The van der Waals surface area contributed by atoms with Crippen LogP contribution in [-0.2, 0) is 16.1 Å². The highest BCUT2D eigenvalue weighted by atomic mass is 35.5. The standard InChI is InChI=1S/C23H19ClN2O3S2/c1-14(23(27)29-11-16-5-3-4-6-19(16)24)31-22-20-18(12-30-21(20)25-13-26-22)15-7-9-17(28-2)10-8-15/h3-10,12-14H,11H2,1-2H3. The fourth-order valence-electron chi connectivity index (χ4n) is 3.02. The summed E-state index contributed by atoms with van der Waals surface area (Å²) in [4.78, 5) is 22.3. The van der Waals surface area contributed by atoms with Gasteiger partial charge >= 0.3 is 5.97 Å². The molecule has 0 aliphatic carbocycles. The smallest absolute Gasteiger partial charge is 0.319 e. The van der Waals surface area contributed by atoms with E-state index in [1.165, 1.54) is 18.1 Å². The van der Waals surface area contributed by atoms with Gasteiger partial charge in [0.05, 0.1) is 12.5 Å². The third kappa shape index (κ3) is 4.84. The zero-order chi connectivity index (χ0) is 21.8. The average Bonchev–Trinajstić information content (AvgIpc) is 3.23. The van der Waals surface area contributed by atoms with Crippen LogP contribution >= 0.6 is 34.7 Å². The molecule has 31 heavy (non-hydrogen) atoms. The summed E-state index contributed by atoms with van der Waals surface area (Å²) in [5, 5.41) is 3.89. The Morgan fingerprint density at radius 2 is 1.94 bits per heavy atom. The number of fused-ring (bicyclic) bond motifs is 1. The highest BCUT2D eigenvalue weighted by molar-refractivity contribution is 8.00. The Morgan fingerprint density at radius 3 is 2.68 bits per heavy atom. The molecule has 8 heteroatoms. The number of thioether (sulfide) groups is 1. The van der Waals surface area contributed by atoms with Gasteiger partial charge in [-0.1, -0.05) is 53.7 Å². The Labute approximate surface area is 193 Å². The summed E-state index contributed by atoms with van der Waals surface area (Å²) < 4.78 is 10.7. The van der Waals surface area contributed by atoms with Crippen LogP contribution in [0.1, 0.15) is 12.5 Å². The number of methoxy groups -OCH3 is 1. The number of carbonyl (C=O) groups excluding carboxylic acids is 1. The number of halogens is 1. The van der Waals surface area contributed by atoms with Crippen molar-refractivity contribution in [2.45, 2.75) is 23.8 Å². The van der Waals surface area contributed by atoms with E-state index < -0.39 is 5.25 Å². The van der Waals surface area contributed by atoms with Crippen molar-refractivity contribution in [1.29, 1.82) is 0 Å². The minimum atomic E-state index is -0.441. The number of esters is 1. The first-order valence-electron chi connectivity index (χ1n) is 9.50. The summed E-state index contributed by atoms with van der Waals surface area (Å²) in [6.45, 7) is 1.95. The van der Waals surface area contributed by atoms with E-state index in [2.05, 4.69) is 15.3 Å². The number of benzene rings is 2. The van der Waals surface area contributed by atoms with E-state index in [0.717, 1.165) is 37.7 Å². The van der Waals surface area contributed by atoms with Crippen LogP contribution in [0.3, 0.4) is 0 Å². The van der Waals surface area contributed by atoms with Crippen molar-refractivity contribution in [2.75, 3.05) is 7.11 Å². The first kappa shape index (κ1) is 21.6. The third-order valence-electron chi connectivity index (χ3n) is 4.68. The molecule has 4 rings (SSSR count). The quantitative estimate of drug-likeness (QED) is 0.181. The second-order valence-corrected chi connectivity index (χ2v) is 9.29. The van der Waals surface area contributed by atoms with Crippen LogP contribution in [0.4, 0.5) is 0 Å². The number of hydrogen-bond acceptors (Lipinski definition) is 7. The molecule has 2 aromatic carbocycles. The van der Waals surface area contributed by atoms with E-state index >= 15 is 0 Å². The van der Waals surface area contributed by atoms with Crippen molar-refractivity contribution in [1.82, 2.24) is 9.97 Å². The highest BCUT2D eigenvalue weighted by Gasteiger charge is 2.21. The summed E-state index contributed by atoms with van der Waals surface area (Å²) in [7, 11) is 1.64. The maximum absolute atomic E-state index is 12.6. The van der Waals surface area contributed by atoms with Crippen LogP contribution < -0.4 is 4.74 Å². The number of carbonyl (C=O) groups is 1. The second-order valence-electron chi connectivity index (χ2n) is 6.70. The SMILES string of the molecule is COc1ccc(-c2csc3ncnc(SC(C)C(=O)OCc4ccccc4Cl)c23)cc1. The molecule has 0 radical (unpaired) electrons. The van der Waals surface area contributed by atoms with Gasteiger partial charge in [-0.05, 0) is 30.7 Å². The van der Waals surface area contributed by atoms with Crippen LogP contribution in [0.2, 0.25) is 5.02 Å². The Bertz CT molecular complexity index is 1210. The molecule has 2 aromatic heterocycles. The van der Waals surface area contributed by atoms with Crippen molar-refractivity contribution in [2.24, 2.45) is 0 Å². The Balaban J connectivity index is 1.54. The van der Waals surface area contributed by atoms with Gasteiger partial charge in [0.25, 0.3) is 0 Å². The van der Waals surface area contributed by atoms with Crippen molar-refractivity contribution in [3.8, 4) is 16.9 Å². The molecule has 4 aromatic rings. The van der Waals surface area contributed by atoms with Crippen LogP contribution in [-0.4, -0.2) is 28.3 Å². The van der Waals surface area contributed by atoms with Crippen molar-refractivity contribution >= 4 is 50.9 Å². The molecule has 0 spiro atoms. The van der Waals surface area contributed by atoms with Gasteiger partial charge in [-0.25, -0.2) is 9.97 Å². The summed E-state index contributed by atoms with van der Waals surface area (Å²) in [6, 6.07) is 15.2. The Kier molecular flexibility index (Phi) is 6.75. The van der Waals surface area contributed by atoms with Gasteiger partial charge in [0.2, 0.25) is 0 Å². The highest BCUT2D eigenvalue weighted by Crippen LogP contribution is 2.39. The minimum absolute atomic E-state index is 0.137. The molecule has 0 aliphatic heterocycles. The molecule has 0 bridgehead atoms. The predicted molar refractivity (Wildman–Crippen MR) is 126 cm³/mol. The van der Waals surface area contributed by atoms with Crippen LogP contribution in [0.15, 0.2) is 65.3 Å². The zero-order valence-corrected chi connectivity index (χ0v) is 19.3. The first-order chi connectivity index (χ1) is 15.1. The van der Waals surface area contributed by atoms with Gasteiger partial charge in [-0.15, -0.1) is 11.3 Å². The van der Waals surface area contributed by atoms with Gasteiger partial charge < -0.3 is 9.47 Å². The molecule has 2 heterocycles. The normalized spacial score (nSPS) is 12.0. The maximum atomic E-state index is 12.6. The Hall–Kier alpha value is -2.61. The lowest BCUT2D eigenvalue weighted by Gasteiger charge is -2.12. The molecule has 0 saturated carbocycles. The van der Waals surface area contributed by atoms with Crippen molar-refractivity contribution < 1.29 is 14.3 Å². The van der Waals surface area contributed by atoms with E-state index in [-0.39, 0.29) is 12.6 Å². The fraction of sp³-hybridized carbons (Fsp3) is 0.174. The van der Waals surface area contributed by atoms with E-state index in [1.807, 2.05) is 49.4 Å². The van der Waals surface area contributed by atoms with Crippen LogP contribution in [0, 0.1) is 0 Å². The van der Waals surface area contributed by atoms with Crippen LogP contribution in [0.25, 0.3) is 21.3 Å². The molecule has 1 unspecified atom stereocenters. The van der Waals surface area contributed by atoms with E-state index in [1.54, 1.807) is 24.5 Å². The zero-order valence-electron chi connectivity index (χ0n) is 16.9. The molecule has 0 aliphatic rings. The van der Waals surface area contributed by atoms with E-state index in [9.17, 15) is 4.79 Å². The summed E-state index contributed by atoms with van der Waals surface area (Å²) in [5.74, 6) is 0.474. The predicted octanol–water partition coefficient (Wildman–Crippen LogP) is 6.24. The van der Waals surface area contributed by atoms with Crippen LogP contribution in [0.5, 0.6) is 5.75 Å². The molecule has 0 fully saturated rings. The molecule has 158 valence electrons. The minimum Gasteiger partial charge on any atom is -0.497 e. The number of rotatable bonds is 7. The summed E-state index contributed by atoms with van der Waals surface area (Å²) in [5.41, 5.74) is 2.85. The number of aromatic nitrogens is 2. The molecule has 0 amide bonds. The summed E-state index contributed by atoms with van der Waals surface area (Å²) in [6.07, 6.45) is 1.53. The number of hydrogen-bond donors (Lipinski definition) is 0. The summed E-state index contributed by atoms with van der Waals surface area (Å²) >= 11 is 9.06. The van der Waals surface area contributed by atoms with E-state index in [0.29, 0.717) is 5.02 Å². The first-order valence-corrected chi connectivity index (χ1v) is 11.6. The Morgan fingerprint density at radius 1 is 1.16 bits per heavy atom. The molecular formula is C23H19ClN2O3S2. The molecular weight excluding hydrogens is 452 g/mol. The third-order valence-corrected chi connectivity index (χ3v) is 7.02. The van der Waals surface area contributed by atoms with Crippen molar-refractivity contribution in [3.05, 3.63) is 70.8 Å². The largest absolute Gasteiger partial charge is 0.497 e. The number of ether oxygens (including phenoxy) is 2. The van der Waals surface area contributed by atoms with Gasteiger partial charge in [0.15, 0.2) is 0 Å². The monoisotopic (exact) mass is 470 g/mol. The average molecular weight is 471 g/mol. The van der Waals surface area contributed by atoms with Gasteiger partial charge in [-0.3, -0.25) is 4.79 Å². The maximum Gasteiger partial charge on any atom is 0.319 e. The van der Waals surface area contributed by atoms with Crippen molar-refractivity contribution in [3.63, 3.8) is 0 Å². The lowest BCUT2D eigenvalue weighted by atomic mass is 10.1. The molecule has 0 saturated heterocycles. The lowest BCUT2D eigenvalue weighted by molar-refractivity contribution is -0.143. The molecule has 5 nitrogen and oxygen atoms in total. The second kappa shape index (κ2) is 9.68. The number of nitrogens with zero attached hydrogens (tertiary/aromatic N) is 2. The van der Waals surface area contributed by atoms with Gasteiger partial charge in [0, 0.05) is 21.5 Å². The van der Waals surface area contributed by atoms with Gasteiger partial charge in [0.1, 0.15) is 33.8 Å². The fourth-order valence-corrected chi connectivity index (χ4v) is 5.12. The number of thiophene rings is 1. The molecule has 0 N–H and O–H groups in total. The van der Waals surface area contributed by atoms with E-state index in [4.69, 9.17) is 21.1 Å².